The largest absolute Gasteiger partial charge is 0.496 e. The van der Waals surface area contributed by atoms with Crippen molar-refractivity contribution in [2.75, 3.05) is 7.11 Å². The molecule has 142 valence electrons. The van der Waals surface area contributed by atoms with Crippen LogP contribution in [0.2, 0.25) is 0 Å². The first-order chi connectivity index (χ1) is 13.2. The zero-order valence-corrected chi connectivity index (χ0v) is 16.0. The monoisotopic (exact) mass is 365 g/mol. The van der Waals surface area contributed by atoms with Crippen LogP contribution in [0.5, 0.6) is 5.75 Å². The van der Waals surface area contributed by atoms with Crippen molar-refractivity contribution >= 4 is 5.97 Å². The summed E-state index contributed by atoms with van der Waals surface area (Å²) < 4.78 is 11.5. The SMILES string of the molecule is COc1ccccc1[C@H]1C[C@@H]2CC[C@H]([C@@H]1OC(C)=O)N2Cc1ccccc1. The molecule has 0 aliphatic carbocycles. The molecule has 4 atom stereocenters. The quantitative estimate of drug-likeness (QED) is 0.746. The molecule has 2 aromatic carbocycles. The lowest BCUT2D eigenvalue weighted by molar-refractivity contribution is -0.154. The lowest BCUT2D eigenvalue weighted by Crippen LogP contribution is -2.52. The summed E-state index contributed by atoms with van der Waals surface area (Å²) in [4.78, 5) is 14.5. The van der Waals surface area contributed by atoms with Gasteiger partial charge >= 0.3 is 5.97 Å². The predicted molar refractivity (Wildman–Crippen MR) is 105 cm³/mol. The van der Waals surface area contributed by atoms with Gasteiger partial charge in [0.25, 0.3) is 0 Å². The van der Waals surface area contributed by atoms with Crippen LogP contribution in [-0.4, -0.2) is 36.2 Å². The van der Waals surface area contributed by atoms with E-state index in [9.17, 15) is 4.79 Å². The molecule has 0 amide bonds. The molecule has 4 heteroatoms. The van der Waals surface area contributed by atoms with Crippen molar-refractivity contribution in [3.8, 4) is 5.75 Å². The fraction of sp³-hybridized carbons (Fsp3) is 0.435. The molecule has 2 aliphatic heterocycles. The highest BCUT2D eigenvalue weighted by atomic mass is 16.5. The van der Waals surface area contributed by atoms with E-state index in [1.54, 1.807) is 7.11 Å². The highest BCUT2D eigenvalue weighted by Crippen LogP contribution is 2.47. The van der Waals surface area contributed by atoms with Gasteiger partial charge < -0.3 is 9.47 Å². The molecule has 4 nitrogen and oxygen atoms in total. The first kappa shape index (κ1) is 18.1. The predicted octanol–water partition coefficient (Wildman–Crippen LogP) is 4.15. The van der Waals surface area contributed by atoms with Crippen LogP contribution in [0.15, 0.2) is 54.6 Å². The molecule has 0 saturated carbocycles. The van der Waals surface area contributed by atoms with Crippen molar-refractivity contribution in [1.82, 2.24) is 4.90 Å². The molecule has 0 unspecified atom stereocenters. The second-order valence-corrected chi connectivity index (χ2v) is 7.61. The Hall–Kier alpha value is -2.33. The topological polar surface area (TPSA) is 38.8 Å². The van der Waals surface area contributed by atoms with E-state index in [4.69, 9.17) is 9.47 Å². The van der Waals surface area contributed by atoms with Gasteiger partial charge in [-0.15, -0.1) is 0 Å². The fourth-order valence-electron chi connectivity index (χ4n) is 4.94. The van der Waals surface area contributed by atoms with Crippen LogP contribution in [0.3, 0.4) is 0 Å². The molecular weight excluding hydrogens is 338 g/mol. The Morgan fingerprint density at radius 1 is 1.07 bits per heavy atom. The molecule has 2 aliphatic rings. The Kier molecular flexibility index (Phi) is 5.17. The molecule has 2 fully saturated rings. The Morgan fingerprint density at radius 3 is 2.56 bits per heavy atom. The van der Waals surface area contributed by atoms with Crippen LogP contribution in [0, 0.1) is 0 Å². The van der Waals surface area contributed by atoms with Crippen LogP contribution in [0.25, 0.3) is 0 Å². The van der Waals surface area contributed by atoms with Gasteiger partial charge in [0.15, 0.2) is 0 Å². The van der Waals surface area contributed by atoms with Gasteiger partial charge in [-0.2, -0.15) is 0 Å². The molecule has 2 saturated heterocycles. The van der Waals surface area contributed by atoms with Gasteiger partial charge in [0.05, 0.1) is 7.11 Å². The average molecular weight is 365 g/mol. The van der Waals surface area contributed by atoms with Crippen molar-refractivity contribution in [3.63, 3.8) is 0 Å². The third-order valence-corrected chi connectivity index (χ3v) is 6.04. The van der Waals surface area contributed by atoms with E-state index in [1.165, 1.54) is 12.5 Å². The van der Waals surface area contributed by atoms with E-state index in [0.29, 0.717) is 6.04 Å². The molecule has 0 aromatic heterocycles. The van der Waals surface area contributed by atoms with Gasteiger partial charge in [0.1, 0.15) is 11.9 Å². The fourth-order valence-corrected chi connectivity index (χ4v) is 4.94. The Bertz CT molecular complexity index is 791. The van der Waals surface area contributed by atoms with Crippen LogP contribution < -0.4 is 4.74 Å². The van der Waals surface area contributed by atoms with E-state index in [-0.39, 0.29) is 24.0 Å². The summed E-state index contributed by atoms with van der Waals surface area (Å²) in [5.74, 6) is 0.857. The van der Waals surface area contributed by atoms with Crippen LogP contribution in [-0.2, 0) is 16.1 Å². The van der Waals surface area contributed by atoms with Gasteiger partial charge in [-0.25, -0.2) is 0 Å². The van der Waals surface area contributed by atoms with Gasteiger partial charge in [-0.3, -0.25) is 9.69 Å². The molecule has 27 heavy (non-hydrogen) atoms. The minimum atomic E-state index is -0.204. The first-order valence-corrected chi connectivity index (χ1v) is 9.77. The minimum absolute atomic E-state index is 0.138. The van der Waals surface area contributed by atoms with Crippen LogP contribution in [0.1, 0.15) is 43.2 Å². The maximum absolute atomic E-state index is 11.9. The normalized spacial score (nSPS) is 27.3. The summed E-state index contributed by atoms with van der Waals surface area (Å²) in [7, 11) is 1.71. The zero-order chi connectivity index (χ0) is 18.8. The van der Waals surface area contributed by atoms with E-state index in [1.807, 2.05) is 24.3 Å². The maximum Gasteiger partial charge on any atom is 0.302 e. The second-order valence-electron chi connectivity index (χ2n) is 7.61. The molecule has 0 N–H and O–H groups in total. The molecule has 2 bridgehead atoms. The first-order valence-electron chi connectivity index (χ1n) is 9.77. The number of esters is 1. The molecular formula is C23H27NO3. The van der Waals surface area contributed by atoms with Crippen molar-refractivity contribution in [1.29, 1.82) is 0 Å². The number of hydrogen-bond acceptors (Lipinski definition) is 4. The minimum Gasteiger partial charge on any atom is -0.496 e. The summed E-state index contributed by atoms with van der Waals surface area (Å²) in [6.07, 6.45) is 3.07. The van der Waals surface area contributed by atoms with E-state index in [2.05, 4.69) is 35.2 Å². The summed E-state index contributed by atoms with van der Waals surface area (Å²) in [6.45, 7) is 2.43. The number of fused-ring (bicyclic) bond motifs is 2. The van der Waals surface area contributed by atoms with E-state index < -0.39 is 0 Å². The maximum atomic E-state index is 11.9. The van der Waals surface area contributed by atoms with Crippen LogP contribution >= 0.6 is 0 Å². The van der Waals surface area contributed by atoms with Gasteiger partial charge in [0, 0.05) is 37.0 Å². The number of rotatable bonds is 5. The number of para-hydroxylation sites is 1. The number of benzene rings is 2. The highest BCUT2D eigenvalue weighted by molar-refractivity contribution is 5.66. The van der Waals surface area contributed by atoms with E-state index >= 15 is 0 Å². The number of methoxy groups -OCH3 is 1. The zero-order valence-electron chi connectivity index (χ0n) is 16.0. The third-order valence-electron chi connectivity index (χ3n) is 6.04. The van der Waals surface area contributed by atoms with Crippen molar-refractivity contribution in [3.05, 3.63) is 65.7 Å². The Labute approximate surface area is 161 Å². The number of hydrogen-bond donors (Lipinski definition) is 0. The summed E-state index contributed by atoms with van der Waals surface area (Å²) >= 11 is 0. The summed E-state index contributed by atoms with van der Waals surface area (Å²) in [5, 5.41) is 0. The van der Waals surface area contributed by atoms with Crippen LogP contribution in [0.4, 0.5) is 0 Å². The van der Waals surface area contributed by atoms with Gasteiger partial charge in [-0.05, 0) is 30.9 Å². The molecule has 2 heterocycles. The van der Waals surface area contributed by atoms with Gasteiger partial charge in [0.2, 0.25) is 0 Å². The third kappa shape index (κ3) is 3.59. The summed E-state index contributed by atoms with van der Waals surface area (Å²) in [6, 6.07) is 19.5. The smallest absolute Gasteiger partial charge is 0.302 e. The number of carbonyl (C=O) groups is 1. The van der Waals surface area contributed by atoms with Crippen molar-refractivity contribution < 1.29 is 14.3 Å². The second kappa shape index (κ2) is 7.73. The number of nitrogens with zero attached hydrogens (tertiary/aromatic N) is 1. The molecule has 2 aromatic rings. The average Bonchev–Trinajstić information content (AvgIpc) is 2.97. The molecule has 4 rings (SSSR count). The standard InChI is InChI=1S/C23H27NO3/c1-16(25)27-23-20(19-10-6-7-11-22(19)26-2)14-18-12-13-21(23)24(18)15-17-8-4-3-5-9-17/h3-11,18,20-21,23H,12-15H2,1-2H3/t18-,20+,21+,23+/m0/s1. The number of piperidine rings is 1. The van der Waals surface area contributed by atoms with E-state index in [0.717, 1.165) is 37.1 Å². The van der Waals surface area contributed by atoms with Gasteiger partial charge in [-0.1, -0.05) is 48.5 Å². The Balaban J connectivity index is 1.65. The lowest BCUT2D eigenvalue weighted by Gasteiger charge is -2.44. The number of carbonyl (C=O) groups excluding carboxylic acids is 1. The highest BCUT2D eigenvalue weighted by Gasteiger charge is 2.49. The summed E-state index contributed by atoms with van der Waals surface area (Å²) in [5.41, 5.74) is 2.47. The Morgan fingerprint density at radius 2 is 1.81 bits per heavy atom. The molecule has 0 radical (unpaired) electrons. The number of ether oxygens (including phenoxy) is 2. The lowest BCUT2D eigenvalue weighted by atomic mass is 9.81. The van der Waals surface area contributed by atoms with Crippen molar-refractivity contribution in [2.45, 2.75) is 56.8 Å². The molecule has 0 spiro atoms. The van der Waals surface area contributed by atoms with Crippen molar-refractivity contribution in [2.24, 2.45) is 0 Å².